The first-order valence-corrected chi connectivity index (χ1v) is 5.68. The lowest BCUT2D eigenvalue weighted by atomic mass is 10.3. The summed E-state index contributed by atoms with van der Waals surface area (Å²) in [5.74, 6) is -0.0394. The Morgan fingerprint density at radius 2 is 1.94 bits per heavy atom. The van der Waals surface area contributed by atoms with Crippen LogP contribution in [0.2, 0.25) is 0 Å². The number of hydrogen-bond acceptors (Lipinski definition) is 4. The molecule has 0 saturated carbocycles. The van der Waals surface area contributed by atoms with Crippen LogP contribution in [0.1, 0.15) is 19.8 Å². The van der Waals surface area contributed by atoms with Crippen molar-refractivity contribution in [2.75, 3.05) is 39.8 Å². The molecule has 0 aliphatic carbocycles. The van der Waals surface area contributed by atoms with Crippen molar-refractivity contribution in [3.63, 3.8) is 0 Å². The van der Waals surface area contributed by atoms with Gasteiger partial charge in [-0.1, -0.05) is 0 Å². The van der Waals surface area contributed by atoms with Gasteiger partial charge >= 0.3 is 5.97 Å². The second-order valence-corrected chi connectivity index (χ2v) is 4.03. The number of esters is 1. The lowest BCUT2D eigenvalue weighted by Gasteiger charge is -2.20. The molecule has 5 nitrogen and oxygen atoms in total. The van der Waals surface area contributed by atoms with Gasteiger partial charge in [-0.3, -0.25) is 9.59 Å². The van der Waals surface area contributed by atoms with Crippen LogP contribution in [0.5, 0.6) is 0 Å². The van der Waals surface area contributed by atoms with Crippen LogP contribution >= 0.6 is 0 Å². The van der Waals surface area contributed by atoms with E-state index in [1.807, 2.05) is 4.90 Å². The van der Waals surface area contributed by atoms with Crippen molar-refractivity contribution in [1.82, 2.24) is 9.80 Å². The molecule has 16 heavy (non-hydrogen) atoms. The zero-order chi connectivity index (χ0) is 12.0. The molecule has 0 aromatic carbocycles. The predicted octanol–water partition coefficient (Wildman–Crippen LogP) is 0.104. The molecule has 0 atom stereocenters. The summed E-state index contributed by atoms with van der Waals surface area (Å²) >= 11 is 0. The van der Waals surface area contributed by atoms with E-state index in [1.54, 1.807) is 6.92 Å². The van der Waals surface area contributed by atoms with Gasteiger partial charge in [-0.05, 0) is 13.0 Å². The molecule has 92 valence electrons. The first-order chi connectivity index (χ1) is 7.63. The number of rotatable bonds is 3. The van der Waals surface area contributed by atoms with Crippen LogP contribution in [0.25, 0.3) is 0 Å². The molecule has 0 aromatic rings. The van der Waals surface area contributed by atoms with E-state index in [2.05, 4.69) is 9.64 Å². The number of carbonyl (C=O) groups is 2. The largest absolute Gasteiger partial charge is 0.469 e. The topological polar surface area (TPSA) is 49.9 Å². The Morgan fingerprint density at radius 1 is 1.19 bits per heavy atom. The minimum Gasteiger partial charge on any atom is -0.469 e. The SMILES string of the molecule is COC(=O)CCN1CCCN(C(C)=O)CC1. The van der Waals surface area contributed by atoms with Crippen LogP contribution in [0.4, 0.5) is 0 Å². The van der Waals surface area contributed by atoms with E-state index < -0.39 is 0 Å². The van der Waals surface area contributed by atoms with Crippen molar-refractivity contribution in [2.24, 2.45) is 0 Å². The zero-order valence-corrected chi connectivity index (χ0v) is 10.1. The number of hydrogen-bond donors (Lipinski definition) is 0. The normalized spacial score (nSPS) is 18.0. The highest BCUT2D eigenvalue weighted by molar-refractivity contribution is 5.73. The van der Waals surface area contributed by atoms with Crippen LogP contribution in [-0.4, -0.2) is 61.5 Å². The monoisotopic (exact) mass is 228 g/mol. The van der Waals surface area contributed by atoms with Crippen molar-refractivity contribution in [3.05, 3.63) is 0 Å². The van der Waals surface area contributed by atoms with Gasteiger partial charge < -0.3 is 14.5 Å². The van der Waals surface area contributed by atoms with Crippen LogP contribution in [0, 0.1) is 0 Å². The predicted molar refractivity (Wildman–Crippen MR) is 59.9 cm³/mol. The number of ether oxygens (including phenoxy) is 1. The minimum atomic E-state index is -0.173. The van der Waals surface area contributed by atoms with Crippen LogP contribution in [-0.2, 0) is 14.3 Å². The summed E-state index contributed by atoms with van der Waals surface area (Å²) in [5.41, 5.74) is 0. The highest BCUT2D eigenvalue weighted by Crippen LogP contribution is 2.04. The number of methoxy groups -OCH3 is 1. The van der Waals surface area contributed by atoms with Crippen LogP contribution in [0.15, 0.2) is 0 Å². The molecular weight excluding hydrogens is 208 g/mol. The lowest BCUT2D eigenvalue weighted by Crippen LogP contribution is -2.34. The third-order valence-electron chi connectivity index (χ3n) is 2.89. The first kappa shape index (κ1) is 13.0. The maximum absolute atomic E-state index is 11.2. The summed E-state index contributed by atoms with van der Waals surface area (Å²) in [6.45, 7) is 5.69. The Balaban J connectivity index is 2.30. The average Bonchev–Trinajstić information content (AvgIpc) is 2.51. The van der Waals surface area contributed by atoms with Gasteiger partial charge in [-0.2, -0.15) is 0 Å². The van der Waals surface area contributed by atoms with E-state index in [9.17, 15) is 9.59 Å². The van der Waals surface area contributed by atoms with E-state index in [1.165, 1.54) is 7.11 Å². The van der Waals surface area contributed by atoms with Crippen LogP contribution in [0.3, 0.4) is 0 Å². The molecule has 5 heteroatoms. The summed E-state index contributed by atoms with van der Waals surface area (Å²) in [4.78, 5) is 26.3. The van der Waals surface area contributed by atoms with E-state index in [-0.39, 0.29) is 11.9 Å². The molecule has 0 bridgehead atoms. The summed E-state index contributed by atoms with van der Waals surface area (Å²) in [7, 11) is 1.41. The standard InChI is InChI=1S/C11H20N2O3/c1-10(14)13-6-3-5-12(8-9-13)7-4-11(15)16-2/h3-9H2,1-2H3. The highest BCUT2D eigenvalue weighted by Gasteiger charge is 2.16. The van der Waals surface area contributed by atoms with Crippen molar-refractivity contribution < 1.29 is 14.3 Å². The van der Waals surface area contributed by atoms with Gasteiger partial charge in [0.2, 0.25) is 5.91 Å². The van der Waals surface area contributed by atoms with Gasteiger partial charge in [0.1, 0.15) is 0 Å². The summed E-state index contributed by atoms with van der Waals surface area (Å²) in [6, 6.07) is 0. The summed E-state index contributed by atoms with van der Waals surface area (Å²) in [5, 5.41) is 0. The summed E-state index contributed by atoms with van der Waals surface area (Å²) < 4.78 is 4.60. The Kier molecular flexibility index (Phi) is 5.25. The number of amides is 1. The second-order valence-electron chi connectivity index (χ2n) is 4.03. The van der Waals surface area contributed by atoms with Crippen molar-refractivity contribution in [3.8, 4) is 0 Å². The maximum atomic E-state index is 11.2. The molecule has 0 aromatic heterocycles. The molecule has 0 radical (unpaired) electrons. The van der Waals surface area contributed by atoms with Crippen LogP contribution < -0.4 is 0 Å². The molecule has 0 unspecified atom stereocenters. The molecule has 1 rings (SSSR count). The Bertz CT molecular complexity index is 256. The molecule has 1 fully saturated rings. The van der Waals surface area contributed by atoms with Gasteiger partial charge in [0, 0.05) is 33.1 Å². The van der Waals surface area contributed by atoms with Crippen molar-refractivity contribution >= 4 is 11.9 Å². The fraction of sp³-hybridized carbons (Fsp3) is 0.818. The fourth-order valence-corrected chi connectivity index (χ4v) is 1.86. The molecule has 1 heterocycles. The van der Waals surface area contributed by atoms with E-state index in [4.69, 9.17) is 0 Å². The smallest absolute Gasteiger partial charge is 0.306 e. The molecule has 1 aliphatic rings. The average molecular weight is 228 g/mol. The molecule has 0 spiro atoms. The Labute approximate surface area is 96.3 Å². The second kappa shape index (κ2) is 6.48. The Morgan fingerprint density at radius 3 is 2.56 bits per heavy atom. The molecule has 1 saturated heterocycles. The minimum absolute atomic E-state index is 0.134. The van der Waals surface area contributed by atoms with Gasteiger partial charge in [0.15, 0.2) is 0 Å². The quantitative estimate of drug-likeness (QED) is 0.643. The Hall–Kier alpha value is -1.10. The summed E-state index contributed by atoms with van der Waals surface area (Å²) in [6.07, 6.45) is 1.40. The molecular formula is C11H20N2O3. The van der Waals surface area contributed by atoms with E-state index in [0.29, 0.717) is 6.42 Å². The number of carbonyl (C=O) groups excluding carboxylic acids is 2. The van der Waals surface area contributed by atoms with Gasteiger partial charge in [-0.25, -0.2) is 0 Å². The molecule has 0 N–H and O–H groups in total. The number of nitrogens with zero attached hydrogens (tertiary/aromatic N) is 2. The van der Waals surface area contributed by atoms with E-state index in [0.717, 1.165) is 39.1 Å². The van der Waals surface area contributed by atoms with Gasteiger partial charge in [0.05, 0.1) is 13.5 Å². The first-order valence-electron chi connectivity index (χ1n) is 5.68. The lowest BCUT2D eigenvalue weighted by molar-refractivity contribution is -0.141. The van der Waals surface area contributed by atoms with Gasteiger partial charge in [0.25, 0.3) is 0 Å². The van der Waals surface area contributed by atoms with Crippen molar-refractivity contribution in [2.45, 2.75) is 19.8 Å². The molecule has 1 amide bonds. The maximum Gasteiger partial charge on any atom is 0.306 e. The fourth-order valence-electron chi connectivity index (χ4n) is 1.86. The molecule has 1 aliphatic heterocycles. The third-order valence-corrected chi connectivity index (χ3v) is 2.89. The zero-order valence-electron chi connectivity index (χ0n) is 10.1. The van der Waals surface area contributed by atoms with Gasteiger partial charge in [-0.15, -0.1) is 0 Å². The van der Waals surface area contributed by atoms with E-state index >= 15 is 0 Å². The third kappa shape index (κ3) is 4.18. The van der Waals surface area contributed by atoms with Crippen molar-refractivity contribution in [1.29, 1.82) is 0 Å². The highest BCUT2D eigenvalue weighted by atomic mass is 16.5.